The van der Waals surface area contributed by atoms with Gasteiger partial charge in [-0.15, -0.1) is 11.3 Å². The van der Waals surface area contributed by atoms with E-state index in [0.29, 0.717) is 43.1 Å². The van der Waals surface area contributed by atoms with E-state index >= 15 is 0 Å². The second-order valence-corrected chi connectivity index (χ2v) is 10.6. The molecule has 8 nitrogen and oxygen atoms in total. The summed E-state index contributed by atoms with van der Waals surface area (Å²) in [5.41, 5.74) is 1.88. The fraction of sp³-hybridized carbons (Fsp3) is 0.207. The molecule has 2 aromatic carbocycles. The maximum Gasteiger partial charge on any atom is 0.348 e. The number of nitrogens with zero attached hydrogens (tertiary/aromatic N) is 1. The minimum Gasteiger partial charge on any atom is -0.493 e. The lowest BCUT2D eigenvalue weighted by molar-refractivity contribution is -0.139. The van der Waals surface area contributed by atoms with Crippen molar-refractivity contribution in [2.45, 2.75) is 25.1 Å². The van der Waals surface area contributed by atoms with Crippen molar-refractivity contribution in [3.05, 3.63) is 110 Å². The topological polar surface area (TPSA) is 107 Å². The van der Waals surface area contributed by atoms with Crippen LogP contribution >= 0.6 is 34.5 Å². The molecule has 0 saturated heterocycles. The maximum atomic E-state index is 13.3. The number of carboxylic acid groups (broad SMARTS) is 1. The van der Waals surface area contributed by atoms with Gasteiger partial charge in [-0.3, -0.25) is 15.1 Å². The van der Waals surface area contributed by atoms with Crippen molar-refractivity contribution in [3.8, 4) is 11.5 Å². The van der Waals surface area contributed by atoms with Crippen molar-refractivity contribution < 1.29 is 28.9 Å². The molecule has 0 spiro atoms. The molecule has 0 radical (unpaired) electrons. The number of nitrogens with one attached hydrogen (secondary N) is 1. The number of methoxy groups -OCH3 is 2. The van der Waals surface area contributed by atoms with E-state index in [9.17, 15) is 14.7 Å². The lowest BCUT2D eigenvalue weighted by Gasteiger charge is -2.20. The molecule has 0 aliphatic rings. The summed E-state index contributed by atoms with van der Waals surface area (Å²) in [5.74, 6) is -0.533. The van der Waals surface area contributed by atoms with Crippen LogP contribution < -0.4 is 14.8 Å². The summed E-state index contributed by atoms with van der Waals surface area (Å²) in [6.07, 6.45) is 2.39. The van der Waals surface area contributed by atoms with Gasteiger partial charge in [0.1, 0.15) is 17.0 Å². The minimum atomic E-state index is -0.992. The number of pyridine rings is 1. The fourth-order valence-corrected chi connectivity index (χ4v) is 5.43. The van der Waals surface area contributed by atoms with Crippen LogP contribution in [0.2, 0.25) is 10.0 Å². The molecule has 2 aromatic heterocycles. The van der Waals surface area contributed by atoms with Gasteiger partial charge in [0.15, 0.2) is 11.5 Å². The van der Waals surface area contributed by atoms with Crippen molar-refractivity contribution in [1.29, 1.82) is 0 Å². The lowest BCUT2D eigenvalue weighted by Crippen LogP contribution is -2.27. The van der Waals surface area contributed by atoms with Gasteiger partial charge in [0.05, 0.1) is 24.3 Å². The standard InChI is InChI=1S/C29H26Cl2N2O6S/c1-37-23-10-8-18(12-25(23)38-2)24(13-20-21(30)15-32-16-22(20)31)39-29(36)26-11-9-19(40-26)14-33-27(28(34)35)17-6-4-3-5-7-17/h3-12,15-16,24,27,33H,13-14H2,1-2H3,(H,34,35)/t24-,27?/m0/s1. The zero-order chi connectivity index (χ0) is 28.6. The van der Waals surface area contributed by atoms with Gasteiger partial charge >= 0.3 is 11.9 Å². The number of halogens is 2. The van der Waals surface area contributed by atoms with Gasteiger partial charge in [-0.25, -0.2) is 4.79 Å². The van der Waals surface area contributed by atoms with Gasteiger partial charge in [0.2, 0.25) is 0 Å². The molecule has 0 aliphatic heterocycles. The first-order chi connectivity index (χ1) is 19.3. The quantitative estimate of drug-likeness (QED) is 0.177. The number of carbonyl (C=O) groups excluding carboxylic acids is 1. The van der Waals surface area contributed by atoms with E-state index in [4.69, 9.17) is 37.4 Å². The predicted molar refractivity (Wildman–Crippen MR) is 154 cm³/mol. The third kappa shape index (κ3) is 7.11. The van der Waals surface area contributed by atoms with E-state index in [1.165, 1.54) is 38.0 Å². The van der Waals surface area contributed by atoms with E-state index in [1.807, 2.05) is 6.07 Å². The number of esters is 1. The molecule has 4 aromatic rings. The van der Waals surface area contributed by atoms with Crippen molar-refractivity contribution in [1.82, 2.24) is 10.3 Å². The number of carboxylic acids is 1. The van der Waals surface area contributed by atoms with Crippen LogP contribution in [0.15, 0.2) is 73.1 Å². The van der Waals surface area contributed by atoms with E-state index < -0.39 is 24.1 Å². The van der Waals surface area contributed by atoms with Gasteiger partial charge in [0, 0.05) is 30.2 Å². The van der Waals surface area contributed by atoms with E-state index in [1.54, 1.807) is 54.6 Å². The number of ether oxygens (including phenoxy) is 3. The molecule has 1 unspecified atom stereocenters. The molecule has 0 amide bonds. The van der Waals surface area contributed by atoms with Crippen LogP contribution in [0, 0.1) is 0 Å². The highest BCUT2D eigenvalue weighted by Crippen LogP contribution is 2.36. The van der Waals surface area contributed by atoms with Crippen LogP contribution in [0.5, 0.6) is 11.5 Å². The Morgan fingerprint density at radius 3 is 2.30 bits per heavy atom. The smallest absolute Gasteiger partial charge is 0.348 e. The van der Waals surface area contributed by atoms with Crippen molar-refractivity contribution in [2.24, 2.45) is 0 Å². The first-order valence-electron chi connectivity index (χ1n) is 12.1. The molecular formula is C29H26Cl2N2O6S. The summed E-state index contributed by atoms with van der Waals surface area (Å²) >= 11 is 14.0. The Balaban J connectivity index is 1.54. The number of aromatic nitrogens is 1. The normalized spacial score (nSPS) is 12.4. The van der Waals surface area contributed by atoms with Gasteiger partial charge in [-0.2, -0.15) is 0 Å². The Bertz CT molecular complexity index is 1460. The molecule has 2 heterocycles. The third-order valence-electron chi connectivity index (χ3n) is 6.09. The summed E-state index contributed by atoms with van der Waals surface area (Å²) in [5, 5.41) is 13.4. The molecule has 2 atom stereocenters. The van der Waals surface area contributed by atoms with Crippen LogP contribution in [0.4, 0.5) is 0 Å². The van der Waals surface area contributed by atoms with Crippen LogP contribution in [0.3, 0.4) is 0 Å². The highest BCUT2D eigenvalue weighted by Gasteiger charge is 2.24. The van der Waals surface area contributed by atoms with Crippen LogP contribution in [0.25, 0.3) is 0 Å². The summed E-state index contributed by atoms with van der Waals surface area (Å²) in [6.45, 7) is 0.255. The number of hydrogen-bond donors (Lipinski definition) is 2. The Morgan fingerprint density at radius 2 is 1.65 bits per heavy atom. The molecule has 0 bridgehead atoms. The Hall–Kier alpha value is -3.63. The zero-order valence-corrected chi connectivity index (χ0v) is 23.9. The highest BCUT2D eigenvalue weighted by molar-refractivity contribution is 7.13. The number of carbonyl (C=O) groups is 2. The van der Waals surface area contributed by atoms with Gasteiger partial charge in [-0.1, -0.05) is 59.6 Å². The largest absolute Gasteiger partial charge is 0.493 e. The average Bonchev–Trinajstić information content (AvgIpc) is 3.44. The summed E-state index contributed by atoms with van der Waals surface area (Å²) in [6, 6.07) is 16.7. The second kappa shape index (κ2) is 13.6. The Labute approximate surface area is 245 Å². The zero-order valence-electron chi connectivity index (χ0n) is 21.6. The number of hydrogen-bond acceptors (Lipinski definition) is 8. The molecule has 0 saturated carbocycles. The number of benzene rings is 2. The van der Waals surface area contributed by atoms with Crippen LogP contribution in [-0.2, 0) is 22.5 Å². The lowest BCUT2D eigenvalue weighted by atomic mass is 10.0. The number of aliphatic carboxylic acids is 1. The molecule has 0 aliphatic carbocycles. The molecule has 11 heteroatoms. The fourth-order valence-electron chi connectivity index (χ4n) is 4.06. The Morgan fingerprint density at radius 1 is 0.950 bits per heavy atom. The van der Waals surface area contributed by atoms with Crippen molar-refractivity contribution >= 4 is 46.5 Å². The van der Waals surface area contributed by atoms with E-state index in [2.05, 4.69) is 10.3 Å². The van der Waals surface area contributed by atoms with Gasteiger partial charge < -0.3 is 19.3 Å². The summed E-state index contributed by atoms with van der Waals surface area (Å²) in [7, 11) is 3.06. The first kappa shape index (κ1) is 29.4. The monoisotopic (exact) mass is 600 g/mol. The highest BCUT2D eigenvalue weighted by atomic mass is 35.5. The van der Waals surface area contributed by atoms with Gasteiger partial charge in [0.25, 0.3) is 0 Å². The van der Waals surface area contributed by atoms with Gasteiger partial charge in [-0.05, 0) is 41.0 Å². The molecule has 40 heavy (non-hydrogen) atoms. The van der Waals surface area contributed by atoms with E-state index in [-0.39, 0.29) is 13.0 Å². The molecule has 2 N–H and O–H groups in total. The summed E-state index contributed by atoms with van der Waals surface area (Å²) in [4.78, 5) is 30.2. The number of thiophene rings is 1. The number of rotatable bonds is 12. The SMILES string of the molecule is COc1ccc([C@H](Cc2c(Cl)cncc2Cl)OC(=O)c2ccc(CNC(C(=O)O)c3ccccc3)s2)cc1OC. The minimum absolute atomic E-state index is 0.193. The predicted octanol–water partition coefficient (Wildman–Crippen LogP) is 6.52. The maximum absolute atomic E-state index is 13.3. The molecule has 0 fully saturated rings. The van der Waals surface area contributed by atoms with Crippen molar-refractivity contribution in [2.75, 3.05) is 14.2 Å². The molecular weight excluding hydrogens is 575 g/mol. The average molecular weight is 602 g/mol. The van der Waals surface area contributed by atoms with Crippen LogP contribution in [-0.4, -0.2) is 36.2 Å². The Kier molecular flexibility index (Phi) is 10.0. The molecule has 208 valence electrons. The van der Waals surface area contributed by atoms with E-state index in [0.717, 1.165) is 4.88 Å². The third-order valence-corrected chi connectivity index (χ3v) is 7.81. The summed E-state index contributed by atoms with van der Waals surface area (Å²) < 4.78 is 16.8. The second-order valence-electron chi connectivity index (χ2n) is 8.62. The first-order valence-corrected chi connectivity index (χ1v) is 13.7. The van der Waals surface area contributed by atoms with Crippen molar-refractivity contribution in [3.63, 3.8) is 0 Å². The molecule has 4 rings (SSSR count). The van der Waals surface area contributed by atoms with Crippen LogP contribution in [0.1, 0.15) is 43.4 Å².